The van der Waals surface area contributed by atoms with E-state index in [0.717, 1.165) is 16.4 Å². The van der Waals surface area contributed by atoms with Crippen molar-refractivity contribution in [1.82, 2.24) is 25.4 Å². The largest absolute Gasteiger partial charge is 0.337 e. The summed E-state index contributed by atoms with van der Waals surface area (Å²) < 4.78 is 1.74. The van der Waals surface area contributed by atoms with Crippen molar-refractivity contribution >= 4 is 17.4 Å². The van der Waals surface area contributed by atoms with E-state index >= 15 is 0 Å². The van der Waals surface area contributed by atoms with E-state index in [1.54, 1.807) is 22.2 Å². The molecular weight excluding hydrogens is 274 g/mol. The van der Waals surface area contributed by atoms with E-state index < -0.39 is 0 Å². The van der Waals surface area contributed by atoms with Crippen molar-refractivity contribution < 1.29 is 4.79 Å². The van der Waals surface area contributed by atoms with E-state index in [9.17, 15) is 4.79 Å². The highest BCUT2D eigenvalue weighted by Gasteiger charge is 2.11. The molecule has 2 heterocycles. The topological polar surface area (TPSA) is 71.8 Å². The first-order chi connectivity index (χ1) is 9.56. The van der Waals surface area contributed by atoms with Gasteiger partial charge >= 0.3 is 6.03 Å². The minimum Gasteiger partial charge on any atom is -0.337 e. The highest BCUT2D eigenvalue weighted by Crippen LogP contribution is 2.18. The highest BCUT2D eigenvalue weighted by atomic mass is 32.1. The predicted molar refractivity (Wildman–Crippen MR) is 78.7 cm³/mol. The maximum absolute atomic E-state index is 11.7. The van der Waals surface area contributed by atoms with Crippen LogP contribution in [0.2, 0.25) is 0 Å². The van der Waals surface area contributed by atoms with Crippen LogP contribution in [0.15, 0.2) is 17.6 Å². The van der Waals surface area contributed by atoms with Crippen LogP contribution in [0.25, 0.3) is 0 Å². The van der Waals surface area contributed by atoms with Crippen LogP contribution in [0.1, 0.15) is 29.2 Å². The van der Waals surface area contributed by atoms with E-state index in [2.05, 4.69) is 27.6 Å². The minimum atomic E-state index is -0.175. The van der Waals surface area contributed by atoms with Crippen molar-refractivity contribution in [1.29, 1.82) is 0 Å². The molecule has 0 fully saturated rings. The fourth-order valence-corrected chi connectivity index (χ4v) is 2.60. The van der Waals surface area contributed by atoms with Crippen molar-refractivity contribution in [3.05, 3.63) is 34.0 Å². The molecule has 1 atom stereocenters. The lowest BCUT2D eigenvalue weighted by Gasteiger charge is -2.11. The Kier molecular flexibility index (Phi) is 4.73. The van der Waals surface area contributed by atoms with Gasteiger partial charge in [0, 0.05) is 36.8 Å². The van der Waals surface area contributed by atoms with E-state index in [4.69, 9.17) is 0 Å². The Morgan fingerprint density at radius 2 is 2.30 bits per heavy atom. The van der Waals surface area contributed by atoms with Gasteiger partial charge in [0.2, 0.25) is 0 Å². The minimum absolute atomic E-state index is 0.175. The molecule has 20 heavy (non-hydrogen) atoms. The average Bonchev–Trinajstić information content (AvgIpc) is 3.02. The Bertz CT molecular complexity index is 577. The molecular formula is C13H19N5OS. The standard InChI is InChI=1S/C13H19N5OS/c1-9(12-17-10(2)8-20-12)6-14-13(19)15-7-11-4-5-16-18(11)3/h4-5,8-9H,6-7H2,1-3H3,(H2,14,15,19). The molecule has 2 aromatic rings. The quantitative estimate of drug-likeness (QED) is 0.883. The summed E-state index contributed by atoms with van der Waals surface area (Å²) in [4.78, 5) is 16.1. The number of carbonyl (C=O) groups is 1. The van der Waals surface area contributed by atoms with Crippen LogP contribution < -0.4 is 10.6 Å². The molecule has 0 bridgehead atoms. The molecule has 7 heteroatoms. The summed E-state index contributed by atoms with van der Waals surface area (Å²) in [5.41, 5.74) is 1.99. The summed E-state index contributed by atoms with van der Waals surface area (Å²) in [6, 6.07) is 1.70. The molecule has 2 N–H and O–H groups in total. The maximum atomic E-state index is 11.7. The Balaban J connectivity index is 1.74. The second kappa shape index (κ2) is 6.51. The number of thiazole rings is 1. The second-order valence-electron chi connectivity index (χ2n) is 4.74. The number of nitrogens with one attached hydrogen (secondary N) is 2. The van der Waals surface area contributed by atoms with Gasteiger partial charge in [-0.25, -0.2) is 9.78 Å². The zero-order valence-electron chi connectivity index (χ0n) is 11.9. The predicted octanol–water partition coefficient (Wildman–Crippen LogP) is 1.79. The highest BCUT2D eigenvalue weighted by molar-refractivity contribution is 7.09. The first kappa shape index (κ1) is 14.5. The molecule has 108 valence electrons. The third-order valence-corrected chi connectivity index (χ3v) is 4.17. The zero-order chi connectivity index (χ0) is 14.5. The van der Waals surface area contributed by atoms with Crippen LogP contribution in [-0.2, 0) is 13.6 Å². The molecule has 0 aliphatic rings. The molecule has 0 radical (unpaired) electrons. The van der Waals surface area contributed by atoms with Crippen LogP contribution >= 0.6 is 11.3 Å². The molecule has 0 aliphatic heterocycles. The zero-order valence-corrected chi connectivity index (χ0v) is 12.7. The number of hydrogen-bond donors (Lipinski definition) is 2. The van der Waals surface area contributed by atoms with Gasteiger partial charge < -0.3 is 10.6 Å². The van der Waals surface area contributed by atoms with Crippen molar-refractivity contribution in [2.24, 2.45) is 7.05 Å². The summed E-state index contributed by atoms with van der Waals surface area (Å²) in [6.07, 6.45) is 1.71. The molecule has 0 aliphatic carbocycles. The molecule has 0 spiro atoms. The van der Waals surface area contributed by atoms with Gasteiger partial charge in [0.1, 0.15) is 0 Å². The lowest BCUT2D eigenvalue weighted by Crippen LogP contribution is -2.37. The molecule has 2 rings (SSSR count). The van der Waals surface area contributed by atoms with Gasteiger partial charge in [-0.1, -0.05) is 6.92 Å². The molecule has 6 nitrogen and oxygen atoms in total. The molecule has 0 aromatic carbocycles. The van der Waals surface area contributed by atoms with Crippen LogP contribution in [-0.4, -0.2) is 27.3 Å². The fraction of sp³-hybridized carbons (Fsp3) is 0.462. The number of hydrogen-bond acceptors (Lipinski definition) is 4. The molecule has 1 unspecified atom stereocenters. The Morgan fingerprint density at radius 3 is 2.90 bits per heavy atom. The first-order valence-corrected chi connectivity index (χ1v) is 7.35. The van der Waals surface area contributed by atoms with E-state index in [1.807, 2.05) is 25.4 Å². The number of aromatic nitrogens is 3. The summed E-state index contributed by atoms with van der Waals surface area (Å²) in [5, 5.41) is 12.8. The van der Waals surface area contributed by atoms with Gasteiger partial charge in [0.15, 0.2) is 0 Å². The third kappa shape index (κ3) is 3.80. The lowest BCUT2D eigenvalue weighted by atomic mass is 10.2. The SMILES string of the molecule is Cc1csc(C(C)CNC(=O)NCc2ccnn2C)n1. The molecule has 0 saturated carbocycles. The normalized spacial score (nSPS) is 12.2. The van der Waals surface area contributed by atoms with Gasteiger partial charge in [-0.05, 0) is 13.0 Å². The van der Waals surface area contributed by atoms with Crippen LogP contribution in [0.5, 0.6) is 0 Å². The number of aryl methyl sites for hydroxylation is 2. The van der Waals surface area contributed by atoms with Gasteiger partial charge in [-0.2, -0.15) is 5.10 Å². The Hall–Kier alpha value is -1.89. The van der Waals surface area contributed by atoms with Crippen molar-refractivity contribution in [3.8, 4) is 0 Å². The number of carbonyl (C=O) groups excluding carboxylic acids is 1. The van der Waals surface area contributed by atoms with Crippen LogP contribution in [0, 0.1) is 6.92 Å². The summed E-state index contributed by atoms with van der Waals surface area (Å²) in [6.45, 7) is 5.07. The molecule has 2 amide bonds. The van der Waals surface area contributed by atoms with Crippen molar-refractivity contribution in [3.63, 3.8) is 0 Å². The number of nitrogens with zero attached hydrogens (tertiary/aromatic N) is 3. The van der Waals surface area contributed by atoms with Gasteiger partial charge in [0.25, 0.3) is 0 Å². The van der Waals surface area contributed by atoms with E-state index in [1.165, 1.54) is 0 Å². The Labute approximate surface area is 122 Å². The third-order valence-electron chi connectivity index (χ3n) is 2.98. The molecule has 0 saturated heterocycles. The van der Waals surface area contributed by atoms with Crippen molar-refractivity contribution in [2.75, 3.05) is 6.54 Å². The smallest absolute Gasteiger partial charge is 0.315 e. The summed E-state index contributed by atoms with van der Waals surface area (Å²) in [5.74, 6) is 0.219. The monoisotopic (exact) mass is 293 g/mol. The van der Waals surface area contributed by atoms with Gasteiger partial charge in [0.05, 0.1) is 17.2 Å². The fourth-order valence-electron chi connectivity index (χ4n) is 1.74. The summed E-state index contributed by atoms with van der Waals surface area (Å²) >= 11 is 1.63. The van der Waals surface area contributed by atoms with Crippen molar-refractivity contribution in [2.45, 2.75) is 26.3 Å². The van der Waals surface area contributed by atoms with E-state index in [-0.39, 0.29) is 11.9 Å². The number of rotatable bonds is 5. The summed E-state index contributed by atoms with van der Waals surface area (Å²) in [7, 11) is 1.85. The molecule has 2 aromatic heterocycles. The number of urea groups is 1. The lowest BCUT2D eigenvalue weighted by molar-refractivity contribution is 0.239. The average molecular weight is 293 g/mol. The Morgan fingerprint density at radius 1 is 1.50 bits per heavy atom. The van der Waals surface area contributed by atoms with Crippen LogP contribution in [0.4, 0.5) is 4.79 Å². The van der Waals surface area contributed by atoms with Crippen LogP contribution in [0.3, 0.4) is 0 Å². The van der Waals surface area contributed by atoms with Gasteiger partial charge in [-0.15, -0.1) is 11.3 Å². The number of amides is 2. The first-order valence-electron chi connectivity index (χ1n) is 6.47. The van der Waals surface area contributed by atoms with Gasteiger partial charge in [-0.3, -0.25) is 4.68 Å². The van der Waals surface area contributed by atoms with E-state index in [0.29, 0.717) is 13.1 Å². The second-order valence-corrected chi connectivity index (χ2v) is 5.63. The maximum Gasteiger partial charge on any atom is 0.315 e.